The van der Waals surface area contributed by atoms with Crippen LogP contribution >= 0.6 is 22.7 Å². The number of rotatable bonds is 6. The van der Waals surface area contributed by atoms with Crippen LogP contribution in [0.1, 0.15) is 25.1 Å². The number of aromatic nitrogens is 1. The highest BCUT2D eigenvalue weighted by Crippen LogP contribution is 2.27. The van der Waals surface area contributed by atoms with Crippen LogP contribution in [0, 0.1) is 0 Å². The molecule has 0 bridgehead atoms. The zero-order valence-electron chi connectivity index (χ0n) is 10.8. The third-order valence-electron chi connectivity index (χ3n) is 2.95. The summed E-state index contributed by atoms with van der Waals surface area (Å²) in [4.78, 5) is 15.5. The van der Waals surface area contributed by atoms with Crippen molar-refractivity contribution >= 4 is 33.8 Å². The van der Waals surface area contributed by atoms with E-state index in [9.17, 15) is 4.79 Å². The fraction of sp³-hybridized carbons (Fsp3) is 0.385. The van der Waals surface area contributed by atoms with E-state index in [1.807, 2.05) is 0 Å². The molecule has 0 unspecified atom stereocenters. The van der Waals surface area contributed by atoms with Crippen LogP contribution < -0.4 is 5.32 Å². The van der Waals surface area contributed by atoms with Crippen LogP contribution in [-0.2, 0) is 16.6 Å². The maximum atomic E-state index is 11.1. The summed E-state index contributed by atoms with van der Waals surface area (Å²) in [5.41, 5.74) is 0.965. The first-order valence-electron chi connectivity index (χ1n) is 5.94. The minimum atomic E-state index is -0.941. The summed E-state index contributed by atoms with van der Waals surface area (Å²) in [5, 5.41) is 19.2. The molecule has 6 heteroatoms. The Balaban J connectivity index is 1.92. The Morgan fingerprint density at radius 1 is 1.47 bits per heavy atom. The van der Waals surface area contributed by atoms with E-state index in [4.69, 9.17) is 5.11 Å². The molecule has 0 amide bonds. The third-order valence-corrected chi connectivity index (χ3v) is 4.48. The van der Waals surface area contributed by atoms with Gasteiger partial charge < -0.3 is 10.4 Å². The van der Waals surface area contributed by atoms with Crippen LogP contribution in [0.2, 0.25) is 0 Å². The fourth-order valence-electron chi connectivity index (χ4n) is 1.50. The number of hydrogen-bond donors (Lipinski definition) is 2. The molecule has 2 aromatic heterocycles. The van der Waals surface area contributed by atoms with E-state index in [1.54, 1.807) is 30.6 Å². The van der Waals surface area contributed by atoms with Crippen molar-refractivity contribution in [2.45, 2.75) is 25.7 Å². The molecule has 0 atom stereocenters. The minimum absolute atomic E-state index is 0.600. The van der Waals surface area contributed by atoms with Gasteiger partial charge in [0.25, 0.3) is 0 Å². The van der Waals surface area contributed by atoms with Crippen LogP contribution in [-0.4, -0.2) is 22.6 Å². The number of nitrogens with zero attached hydrogens (tertiary/aromatic N) is 1. The van der Waals surface area contributed by atoms with Gasteiger partial charge >= 0.3 is 5.97 Å². The van der Waals surface area contributed by atoms with Crippen molar-refractivity contribution in [1.29, 1.82) is 0 Å². The number of nitrogens with one attached hydrogen (secondary N) is 1. The first-order chi connectivity index (χ1) is 9.00. The highest BCUT2D eigenvalue weighted by molar-refractivity contribution is 7.13. The summed E-state index contributed by atoms with van der Waals surface area (Å²) < 4.78 is 0. The fourth-order valence-corrected chi connectivity index (χ4v) is 3.11. The predicted octanol–water partition coefficient (Wildman–Crippen LogP) is 3.22. The summed E-state index contributed by atoms with van der Waals surface area (Å²) in [7, 11) is 0. The van der Waals surface area contributed by atoms with Crippen molar-refractivity contribution in [3.05, 3.63) is 33.5 Å². The molecule has 0 radical (unpaired) electrons. The van der Waals surface area contributed by atoms with Crippen LogP contribution in [0.3, 0.4) is 0 Å². The quantitative estimate of drug-likeness (QED) is 0.859. The topological polar surface area (TPSA) is 62.2 Å². The average molecular weight is 296 g/mol. The second-order valence-corrected chi connectivity index (χ2v) is 6.41. The van der Waals surface area contributed by atoms with Crippen LogP contribution in [0.5, 0.6) is 0 Å². The van der Waals surface area contributed by atoms with Crippen molar-refractivity contribution in [3.8, 4) is 0 Å². The molecule has 2 aromatic rings. The summed E-state index contributed by atoms with van der Waals surface area (Å²) in [5.74, 6) is -0.859. The number of aliphatic carboxylic acids is 1. The zero-order chi connectivity index (χ0) is 13.9. The Morgan fingerprint density at radius 2 is 2.26 bits per heavy atom. The van der Waals surface area contributed by atoms with Gasteiger partial charge in [-0.15, -0.1) is 11.3 Å². The van der Waals surface area contributed by atoms with Gasteiger partial charge in [-0.2, -0.15) is 11.3 Å². The molecule has 0 saturated heterocycles. The molecule has 2 N–H and O–H groups in total. The van der Waals surface area contributed by atoms with Crippen molar-refractivity contribution in [2.24, 2.45) is 0 Å². The van der Waals surface area contributed by atoms with Crippen molar-refractivity contribution in [3.63, 3.8) is 0 Å². The third kappa shape index (κ3) is 3.33. The molecule has 0 fully saturated rings. The maximum absolute atomic E-state index is 11.1. The monoisotopic (exact) mass is 296 g/mol. The number of carboxylic acids is 1. The Labute approximate surface area is 120 Å². The first kappa shape index (κ1) is 14.0. The molecule has 0 saturated carbocycles. The van der Waals surface area contributed by atoms with E-state index in [2.05, 4.69) is 27.1 Å². The maximum Gasteiger partial charge on any atom is 0.315 e. The number of carbonyl (C=O) groups is 1. The Kier molecular flexibility index (Phi) is 4.21. The molecule has 4 nitrogen and oxygen atoms in total. The van der Waals surface area contributed by atoms with E-state index in [0.29, 0.717) is 5.69 Å². The van der Waals surface area contributed by atoms with Gasteiger partial charge in [0.05, 0.1) is 5.69 Å². The molecular weight excluding hydrogens is 280 g/mol. The molecular formula is C13H16N2O2S2. The standard InChI is InChI=1S/C13H16N2O2S2/c1-13(2,11(16)17)10-8-19-12(15-10)14-5-3-9-4-6-18-7-9/h4,6-8H,3,5H2,1-2H3,(H,14,15)(H,16,17). The predicted molar refractivity (Wildman–Crippen MR) is 79.3 cm³/mol. The van der Waals surface area contributed by atoms with Gasteiger partial charge in [0.2, 0.25) is 0 Å². The van der Waals surface area contributed by atoms with Crippen LogP contribution in [0.15, 0.2) is 22.2 Å². The molecule has 102 valence electrons. The summed E-state index contributed by atoms with van der Waals surface area (Å²) in [6.07, 6.45) is 0.945. The van der Waals surface area contributed by atoms with Crippen molar-refractivity contribution < 1.29 is 9.90 Å². The van der Waals surface area contributed by atoms with Gasteiger partial charge in [-0.3, -0.25) is 4.79 Å². The van der Waals surface area contributed by atoms with Gasteiger partial charge in [0.1, 0.15) is 5.41 Å². The summed E-state index contributed by atoms with van der Waals surface area (Å²) in [6, 6.07) is 2.10. The molecule has 0 aliphatic heterocycles. The molecule has 0 aliphatic carbocycles. The van der Waals surface area contributed by atoms with E-state index < -0.39 is 11.4 Å². The normalized spacial score (nSPS) is 11.5. The smallest absolute Gasteiger partial charge is 0.315 e. The van der Waals surface area contributed by atoms with Crippen LogP contribution in [0.25, 0.3) is 0 Å². The van der Waals surface area contributed by atoms with Gasteiger partial charge in [-0.1, -0.05) is 0 Å². The number of carboxylic acid groups (broad SMARTS) is 1. The molecule has 2 heterocycles. The average Bonchev–Trinajstić information content (AvgIpc) is 2.99. The van der Waals surface area contributed by atoms with E-state index in [1.165, 1.54) is 16.9 Å². The molecule has 0 aromatic carbocycles. The second kappa shape index (κ2) is 5.71. The Hall–Kier alpha value is -1.40. The van der Waals surface area contributed by atoms with E-state index in [-0.39, 0.29) is 0 Å². The van der Waals surface area contributed by atoms with Gasteiger partial charge in [-0.05, 0) is 42.7 Å². The molecule has 2 rings (SSSR count). The zero-order valence-corrected chi connectivity index (χ0v) is 12.5. The lowest BCUT2D eigenvalue weighted by Crippen LogP contribution is -2.28. The minimum Gasteiger partial charge on any atom is -0.481 e. The van der Waals surface area contributed by atoms with Crippen molar-refractivity contribution in [2.75, 3.05) is 11.9 Å². The van der Waals surface area contributed by atoms with E-state index >= 15 is 0 Å². The number of thiazole rings is 1. The highest BCUT2D eigenvalue weighted by Gasteiger charge is 2.32. The summed E-state index contributed by atoms with van der Waals surface area (Å²) in [6.45, 7) is 4.14. The largest absolute Gasteiger partial charge is 0.481 e. The molecule has 19 heavy (non-hydrogen) atoms. The summed E-state index contributed by atoms with van der Waals surface area (Å²) >= 11 is 3.14. The lowest BCUT2D eigenvalue weighted by atomic mass is 9.90. The number of hydrogen-bond acceptors (Lipinski definition) is 5. The number of anilines is 1. The van der Waals surface area contributed by atoms with Gasteiger partial charge in [-0.25, -0.2) is 4.98 Å². The second-order valence-electron chi connectivity index (χ2n) is 4.78. The Morgan fingerprint density at radius 3 is 2.89 bits per heavy atom. The first-order valence-corrected chi connectivity index (χ1v) is 7.77. The van der Waals surface area contributed by atoms with Gasteiger partial charge in [0.15, 0.2) is 5.13 Å². The lowest BCUT2D eigenvalue weighted by molar-refractivity contribution is -0.142. The molecule has 0 spiro atoms. The van der Waals surface area contributed by atoms with Gasteiger partial charge in [0, 0.05) is 11.9 Å². The van der Waals surface area contributed by atoms with Crippen LogP contribution in [0.4, 0.5) is 5.13 Å². The highest BCUT2D eigenvalue weighted by atomic mass is 32.1. The van der Waals surface area contributed by atoms with Crippen molar-refractivity contribution in [1.82, 2.24) is 4.98 Å². The SMILES string of the molecule is CC(C)(C(=O)O)c1csc(NCCc2ccsc2)n1. The Bertz CT molecular complexity index is 547. The number of thiophene rings is 1. The van der Waals surface area contributed by atoms with E-state index in [0.717, 1.165) is 18.1 Å². The molecule has 0 aliphatic rings. The lowest BCUT2D eigenvalue weighted by Gasteiger charge is -2.15.